The van der Waals surface area contributed by atoms with Gasteiger partial charge in [-0.2, -0.15) is 0 Å². The molecule has 7 heteroatoms. The number of esters is 1. The fraction of sp³-hybridized carbons (Fsp3) is 0.750. The van der Waals surface area contributed by atoms with Gasteiger partial charge in [-0.15, -0.1) is 0 Å². The maximum absolute atomic E-state index is 11.0. The van der Waals surface area contributed by atoms with E-state index in [0.29, 0.717) is 0 Å². The first-order chi connectivity index (χ1) is 6.85. The van der Waals surface area contributed by atoms with Crippen LogP contribution in [0.1, 0.15) is 12.8 Å². The molecular weight excluding hydrogens is 222 g/mol. The Morgan fingerprint density at radius 3 is 2.33 bits per heavy atom. The summed E-state index contributed by atoms with van der Waals surface area (Å²) in [6, 6.07) is 0. The van der Waals surface area contributed by atoms with Crippen LogP contribution in [-0.2, 0) is 24.2 Å². The molecule has 0 unspecified atom stereocenters. The number of nitrogens with one attached hydrogen (secondary N) is 1. The number of amides is 1. The summed E-state index contributed by atoms with van der Waals surface area (Å²) < 4.78 is 25.8. The molecule has 88 valence electrons. The molecule has 0 aliphatic heterocycles. The molecule has 0 aromatic carbocycles. The SMILES string of the molecule is COC(=O)CCNC(=O)CCS(C)(=O)=O. The van der Waals surface area contributed by atoms with Gasteiger partial charge in [-0.05, 0) is 0 Å². The third-order valence-electron chi connectivity index (χ3n) is 1.58. The van der Waals surface area contributed by atoms with Crippen molar-refractivity contribution in [2.45, 2.75) is 12.8 Å². The minimum absolute atomic E-state index is 0.0833. The highest BCUT2D eigenvalue weighted by molar-refractivity contribution is 7.90. The maximum Gasteiger partial charge on any atom is 0.307 e. The fourth-order valence-corrected chi connectivity index (χ4v) is 1.33. The normalized spacial score (nSPS) is 10.8. The van der Waals surface area contributed by atoms with Crippen LogP contribution in [0.25, 0.3) is 0 Å². The number of carbonyl (C=O) groups excluding carboxylic acids is 2. The highest BCUT2D eigenvalue weighted by Crippen LogP contribution is 1.89. The topological polar surface area (TPSA) is 89.5 Å². The molecule has 0 aliphatic carbocycles. The Morgan fingerprint density at radius 2 is 1.87 bits per heavy atom. The van der Waals surface area contributed by atoms with Crippen LogP contribution in [0.4, 0.5) is 0 Å². The largest absolute Gasteiger partial charge is 0.469 e. The molecule has 15 heavy (non-hydrogen) atoms. The second-order valence-corrected chi connectivity index (χ2v) is 5.32. The molecule has 0 aromatic rings. The van der Waals surface area contributed by atoms with Crippen LogP contribution in [0.15, 0.2) is 0 Å². The van der Waals surface area contributed by atoms with Crippen LogP contribution in [0, 0.1) is 0 Å². The molecule has 0 bridgehead atoms. The molecule has 0 spiro atoms. The zero-order valence-electron chi connectivity index (χ0n) is 8.78. The molecule has 0 saturated heterocycles. The molecule has 0 heterocycles. The van der Waals surface area contributed by atoms with Crippen molar-refractivity contribution in [1.29, 1.82) is 0 Å². The van der Waals surface area contributed by atoms with Crippen molar-refractivity contribution in [1.82, 2.24) is 5.32 Å². The van der Waals surface area contributed by atoms with Gasteiger partial charge < -0.3 is 10.1 Å². The van der Waals surface area contributed by atoms with Gasteiger partial charge >= 0.3 is 5.97 Å². The summed E-state index contributed by atoms with van der Waals surface area (Å²) in [5.74, 6) is -0.986. The summed E-state index contributed by atoms with van der Waals surface area (Å²) >= 11 is 0. The summed E-state index contributed by atoms with van der Waals surface area (Å²) in [6.45, 7) is 0.162. The van der Waals surface area contributed by atoms with Gasteiger partial charge in [-0.25, -0.2) is 8.42 Å². The van der Waals surface area contributed by atoms with Gasteiger partial charge in [0, 0.05) is 19.2 Å². The van der Waals surface area contributed by atoms with E-state index in [0.717, 1.165) is 6.26 Å². The van der Waals surface area contributed by atoms with E-state index in [2.05, 4.69) is 10.1 Å². The predicted molar refractivity (Wildman–Crippen MR) is 54.0 cm³/mol. The van der Waals surface area contributed by atoms with E-state index in [4.69, 9.17) is 0 Å². The van der Waals surface area contributed by atoms with Gasteiger partial charge in [0.1, 0.15) is 9.84 Å². The molecule has 0 atom stereocenters. The Morgan fingerprint density at radius 1 is 1.27 bits per heavy atom. The van der Waals surface area contributed by atoms with E-state index in [9.17, 15) is 18.0 Å². The number of hydrogen-bond donors (Lipinski definition) is 1. The molecule has 0 aliphatic rings. The lowest BCUT2D eigenvalue weighted by Crippen LogP contribution is -2.27. The van der Waals surface area contributed by atoms with E-state index in [1.165, 1.54) is 7.11 Å². The minimum atomic E-state index is -3.12. The average molecular weight is 237 g/mol. The quantitative estimate of drug-likeness (QED) is 0.605. The predicted octanol–water partition coefficient (Wildman–Crippen LogP) is -0.900. The van der Waals surface area contributed by atoms with Gasteiger partial charge in [0.2, 0.25) is 5.91 Å². The Kier molecular flexibility index (Phi) is 5.92. The Balaban J connectivity index is 3.63. The van der Waals surface area contributed by atoms with Gasteiger partial charge in [0.05, 0.1) is 19.3 Å². The maximum atomic E-state index is 11.0. The van der Waals surface area contributed by atoms with Crippen LogP contribution in [0.5, 0.6) is 0 Å². The van der Waals surface area contributed by atoms with E-state index < -0.39 is 15.8 Å². The van der Waals surface area contributed by atoms with Crippen molar-refractivity contribution in [3.63, 3.8) is 0 Å². The van der Waals surface area contributed by atoms with Crippen LogP contribution in [0.3, 0.4) is 0 Å². The van der Waals surface area contributed by atoms with E-state index in [1.54, 1.807) is 0 Å². The first-order valence-corrected chi connectivity index (χ1v) is 6.42. The number of methoxy groups -OCH3 is 1. The highest BCUT2D eigenvalue weighted by atomic mass is 32.2. The minimum Gasteiger partial charge on any atom is -0.469 e. The fourth-order valence-electron chi connectivity index (χ4n) is 0.773. The van der Waals surface area contributed by atoms with E-state index >= 15 is 0 Å². The zero-order chi connectivity index (χ0) is 11.9. The average Bonchev–Trinajstić information content (AvgIpc) is 2.13. The third-order valence-corrected chi connectivity index (χ3v) is 2.52. The van der Waals surface area contributed by atoms with Crippen LogP contribution in [0.2, 0.25) is 0 Å². The monoisotopic (exact) mass is 237 g/mol. The Hall–Kier alpha value is -1.11. The van der Waals surface area contributed by atoms with E-state index in [-0.39, 0.29) is 31.0 Å². The smallest absolute Gasteiger partial charge is 0.307 e. The van der Waals surface area contributed by atoms with Gasteiger partial charge in [0.15, 0.2) is 0 Å². The van der Waals surface area contributed by atoms with Gasteiger partial charge in [0.25, 0.3) is 0 Å². The van der Waals surface area contributed by atoms with Crippen molar-refractivity contribution >= 4 is 21.7 Å². The standard InChI is InChI=1S/C8H15NO5S/c1-14-8(11)3-5-9-7(10)4-6-15(2,12)13/h3-6H2,1-2H3,(H,9,10). The second-order valence-electron chi connectivity index (χ2n) is 3.06. The number of carbonyl (C=O) groups is 2. The molecule has 0 fully saturated rings. The van der Waals surface area contributed by atoms with Crippen LogP contribution >= 0.6 is 0 Å². The van der Waals surface area contributed by atoms with Gasteiger partial charge in [-0.1, -0.05) is 0 Å². The molecule has 0 aromatic heterocycles. The highest BCUT2D eigenvalue weighted by Gasteiger charge is 2.08. The van der Waals surface area contributed by atoms with Crippen LogP contribution in [-0.4, -0.2) is 46.0 Å². The second kappa shape index (κ2) is 6.39. The molecule has 0 rings (SSSR count). The molecule has 1 N–H and O–H groups in total. The molecule has 1 amide bonds. The van der Waals surface area contributed by atoms with Crippen molar-refractivity contribution in [3.8, 4) is 0 Å². The summed E-state index contributed by atoms with van der Waals surface area (Å²) in [5, 5.41) is 2.42. The molecular formula is C8H15NO5S. The van der Waals surface area contributed by atoms with Crippen molar-refractivity contribution in [2.75, 3.05) is 25.7 Å². The lowest BCUT2D eigenvalue weighted by Gasteiger charge is -2.03. The number of hydrogen-bond acceptors (Lipinski definition) is 5. The lowest BCUT2D eigenvalue weighted by molar-refractivity contribution is -0.140. The van der Waals surface area contributed by atoms with Crippen molar-refractivity contribution in [3.05, 3.63) is 0 Å². The van der Waals surface area contributed by atoms with Crippen molar-refractivity contribution in [2.24, 2.45) is 0 Å². The lowest BCUT2D eigenvalue weighted by atomic mass is 10.4. The Labute approximate surface area is 88.9 Å². The summed E-state index contributed by atoms with van der Waals surface area (Å²) in [7, 11) is -1.86. The van der Waals surface area contributed by atoms with Crippen molar-refractivity contribution < 1.29 is 22.7 Å². The third kappa shape index (κ3) is 9.20. The summed E-state index contributed by atoms with van der Waals surface area (Å²) in [4.78, 5) is 21.7. The van der Waals surface area contributed by atoms with E-state index in [1.807, 2.05) is 0 Å². The molecule has 0 radical (unpaired) electrons. The van der Waals surface area contributed by atoms with Crippen LogP contribution < -0.4 is 5.32 Å². The Bertz CT molecular complexity index is 322. The number of rotatable bonds is 6. The number of ether oxygens (including phenoxy) is 1. The van der Waals surface area contributed by atoms with Gasteiger partial charge in [-0.3, -0.25) is 9.59 Å². The molecule has 6 nitrogen and oxygen atoms in total. The first-order valence-electron chi connectivity index (χ1n) is 4.36. The molecule has 0 saturated carbocycles. The summed E-state index contributed by atoms with van der Waals surface area (Å²) in [5.41, 5.74) is 0. The first kappa shape index (κ1) is 13.9. The summed E-state index contributed by atoms with van der Waals surface area (Å²) in [6.07, 6.45) is 1.07. The number of sulfone groups is 1. The zero-order valence-corrected chi connectivity index (χ0v) is 9.59.